The second-order valence-electron chi connectivity index (χ2n) is 7.20. The van der Waals surface area contributed by atoms with Gasteiger partial charge in [0.1, 0.15) is 17.3 Å². The van der Waals surface area contributed by atoms with E-state index in [-0.39, 0.29) is 23.7 Å². The zero-order valence-electron chi connectivity index (χ0n) is 16.4. The van der Waals surface area contributed by atoms with E-state index in [0.717, 1.165) is 12.8 Å². The van der Waals surface area contributed by atoms with Crippen molar-refractivity contribution in [3.8, 4) is 11.5 Å². The zero-order chi connectivity index (χ0) is 19.0. The summed E-state index contributed by atoms with van der Waals surface area (Å²) in [6.07, 6.45) is 18.9. The monoisotopic (exact) mass is 360 g/mol. The van der Waals surface area contributed by atoms with E-state index in [2.05, 4.69) is 19.1 Å². The Morgan fingerprint density at radius 2 is 1.35 bits per heavy atom. The van der Waals surface area contributed by atoms with Crippen LogP contribution < -0.4 is 0 Å². The quantitative estimate of drug-likeness (QED) is 0.278. The number of phenols is 2. The van der Waals surface area contributed by atoms with Gasteiger partial charge in [-0.2, -0.15) is 0 Å². The van der Waals surface area contributed by atoms with E-state index in [4.69, 9.17) is 0 Å². The van der Waals surface area contributed by atoms with E-state index in [1.807, 2.05) is 0 Å². The Labute approximate surface area is 159 Å². The highest BCUT2D eigenvalue weighted by atomic mass is 16.3. The van der Waals surface area contributed by atoms with Crippen molar-refractivity contribution in [2.45, 2.75) is 90.4 Å². The van der Waals surface area contributed by atoms with Crippen molar-refractivity contribution in [3.63, 3.8) is 0 Å². The van der Waals surface area contributed by atoms with Crippen LogP contribution in [0.25, 0.3) is 0 Å². The molecule has 1 rings (SSSR count). The smallest absolute Gasteiger partial charge is 0.137 e. The van der Waals surface area contributed by atoms with Crippen molar-refractivity contribution in [1.82, 2.24) is 0 Å². The number of carbonyl (C=O) groups is 1. The number of phenolic OH excluding ortho intramolecular Hbond substituents is 2. The lowest BCUT2D eigenvalue weighted by molar-refractivity contribution is -0.118. The number of unbranched alkanes of at least 4 members (excludes halogenated alkanes) is 9. The highest BCUT2D eigenvalue weighted by Crippen LogP contribution is 2.21. The lowest BCUT2D eigenvalue weighted by Gasteiger charge is -2.04. The number of rotatable bonds is 15. The summed E-state index contributed by atoms with van der Waals surface area (Å²) in [6.45, 7) is 2.24. The summed E-state index contributed by atoms with van der Waals surface area (Å²) >= 11 is 0. The van der Waals surface area contributed by atoms with Gasteiger partial charge in [0.05, 0.1) is 0 Å². The van der Waals surface area contributed by atoms with E-state index in [0.29, 0.717) is 12.0 Å². The second kappa shape index (κ2) is 14.4. The molecule has 0 aromatic heterocycles. The Bertz CT molecular complexity index is 514. The number of carbonyl (C=O) groups excluding carboxylic acids is 1. The van der Waals surface area contributed by atoms with Crippen LogP contribution in [0.2, 0.25) is 0 Å². The number of benzene rings is 1. The van der Waals surface area contributed by atoms with Crippen LogP contribution in [-0.4, -0.2) is 16.0 Å². The molecule has 0 radical (unpaired) electrons. The average Bonchev–Trinajstić information content (AvgIpc) is 2.58. The molecule has 0 aliphatic heterocycles. The van der Waals surface area contributed by atoms with Crippen molar-refractivity contribution < 1.29 is 15.0 Å². The first-order chi connectivity index (χ1) is 12.6. The highest BCUT2D eigenvalue weighted by Gasteiger charge is 2.06. The summed E-state index contributed by atoms with van der Waals surface area (Å²) in [5, 5.41) is 18.9. The van der Waals surface area contributed by atoms with Crippen LogP contribution in [0, 0.1) is 0 Å². The normalized spacial score (nSPS) is 11.3. The minimum atomic E-state index is 0.00260. The molecule has 0 aliphatic carbocycles. The molecule has 1 aromatic carbocycles. The molecule has 0 spiro atoms. The Hall–Kier alpha value is -1.77. The van der Waals surface area contributed by atoms with Gasteiger partial charge in [0.15, 0.2) is 0 Å². The standard InChI is InChI=1S/C23H36O3/c1-2-3-4-5-6-7-8-9-10-11-12-13-14-15-21(24)16-20-17-22(25)19-23(26)18-20/h7-8,17-19,25-26H,2-6,9-16H2,1H3/b8-7+. The molecule has 0 bridgehead atoms. The van der Waals surface area contributed by atoms with Gasteiger partial charge in [0, 0.05) is 18.9 Å². The summed E-state index contributed by atoms with van der Waals surface area (Å²) in [6, 6.07) is 4.35. The lowest BCUT2D eigenvalue weighted by Crippen LogP contribution is -2.02. The maximum atomic E-state index is 12.0. The number of ketones is 1. The lowest BCUT2D eigenvalue weighted by atomic mass is 10.0. The van der Waals surface area contributed by atoms with Gasteiger partial charge in [0.2, 0.25) is 0 Å². The number of allylic oxidation sites excluding steroid dienone is 2. The van der Waals surface area contributed by atoms with E-state index in [1.165, 1.54) is 76.0 Å². The van der Waals surface area contributed by atoms with Crippen LogP contribution >= 0.6 is 0 Å². The zero-order valence-corrected chi connectivity index (χ0v) is 16.4. The first kappa shape index (κ1) is 22.3. The van der Waals surface area contributed by atoms with Gasteiger partial charge < -0.3 is 10.2 Å². The molecule has 2 N–H and O–H groups in total. The third kappa shape index (κ3) is 11.7. The third-order valence-corrected chi connectivity index (χ3v) is 4.58. The number of hydrogen-bond acceptors (Lipinski definition) is 3. The largest absolute Gasteiger partial charge is 0.508 e. The van der Waals surface area contributed by atoms with E-state index >= 15 is 0 Å². The van der Waals surface area contributed by atoms with Crippen LogP contribution in [0.4, 0.5) is 0 Å². The first-order valence-electron chi connectivity index (χ1n) is 10.3. The molecule has 3 nitrogen and oxygen atoms in total. The van der Waals surface area contributed by atoms with Gasteiger partial charge in [-0.3, -0.25) is 4.79 Å². The molecule has 146 valence electrons. The molecule has 0 saturated heterocycles. The Balaban J connectivity index is 1.97. The highest BCUT2D eigenvalue weighted by molar-refractivity contribution is 5.81. The molecule has 0 heterocycles. The minimum Gasteiger partial charge on any atom is -0.508 e. The SMILES string of the molecule is CCCCCC/C=C/CCCCCCCC(=O)Cc1cc(O)cc(O)c1. The Morgan fingerprint density at radius 1 is 0.808 bits per heavy atom. The summed E-state index contributed by atoms with van der Waals surface area (Å²) in [5.74, 6) is 0.173. The fraction of sp³-hybridized carbons (Fsp3) is 0.609. The van der Waals surface area contributed by atoms with E-state index < -0.39 is 0 Å². The summed E-state index contributed by atoms with van der Waals surface area (Å²) in [5.41, 5.74) is 0.675. The van der Waals surface area contributed by atoms with Crippen LogP contribution in [0.15, 0.2) is 30.4 Å². The van der Waals surface area contributed by atoms with Crippen LogP contribution in [0.5, 0.6) is 11.5 Å². The number of Topliss-reactive ketones (excluding diaryl/α,β-unsaturated/α-hetero) is 1. The molecule has 3 heteroatoms. The molecule has 0 saturated carbocycles. The van der Waals surface area contributed by atoms with Crippen molar-refractivity contribution in [2.24, 2.45) is 0 Å². The summed E-state index contributed by atoms with van der Waals surface area (Å²) in [7, 11) is 0. The maximum Gasteiger partial charge on any atom is 0.137 e. The topological polar surface area (TPSA) is 57.5 Å². The maximum absolute atomic E-state index is 12.0. The molecular formula is C23H36O3. The fourth-order valence-electron chi connectivity index (χ4n) is 3.11. The van der Waals surface area contributed by atoms with Gasteiger partial charge in [-0.05, 0) is 49.8 Å². The number of hydrogen-bond donors (Lipinski definition) is 2. The van der Waals surface area contributed by atoms with Crippen LogP contribution in [0.3, 0.4) is 0 Å². The molecule has 1 aromatic rings. The van der Waals surface area contributed by atoms with Gasteiger partial charge in [-0.25, -0.2) is 0 Å². The molecule has 0 atom stereocenters. The fourth-order valence-corrected chi connectivity index (χ4v) is 3.11. The Morgan fingerprint density at radius 3 is 1.96 bits per heavy atom. The molecule has 0 unspecified atom stereocenters. The number of aromatic hydroxyl groups is 2. The van der Waals surface area contributed by atoms with Crippen LogP contribution in [0.1, 0.15) is 89.5 Å². The van der Waals surface area contributed by atoms with Crippen molar-refractivity contribution in [3.05, 3.63) is 35.9 Å². The van der Waals surface area contributed by atoms with Crippen molar-refractivity contribution >= 4 is 5.78 Å². The predicted octanol–water partition coefficient (Wildman–Crippen LogP) is 6.47. The van der Waals surface area contributed by atoms with E-state index in [1.54, 1.807) is 0 Å². The van der Waals surface area contributed by atoms with Gasteiger partial charge in [0.25, 0.3) is 0 Å². The van der Waals surface area contributed by atoms with Crippen molar-refractivity contribution in [1.29, 1.82) is 0 Å². The second-order valence-corrected chi connectivity index (χ2v) is 7.20. The average molecular weight is 361 g/mol. The van der Waals surface area contributed by atoms with Gasteiger partial charge in [-0.15, -0.1) is 0 Å². The third-order valence-electron chi connectivity index (χ3n) is 4.58. The molecule has 0 amide bonds. The molecule has 0 aliphatic rings. The molecule has 26 heavy (non-hydrogen) atoms. The molecular weight excluding hydrogens is 324 g/mol. The molecule has 0 fully saturated rings. The summed E-state index contributed by atoms with van der Waals surface area (Å²) < 4.78 is 0. The van der Waals surface area contributed by atoms with Crippen molar-refractivity contribution in [2.75, 3.05) is 0 Å². The predicted molar refractivity (Wildman–Crippen MR) is 109 cm³/mol. The van der Waals surface area contributed by atoms with Crippen LogP contribution in [-0.2, 0) is 11.2 Å². The summed E-state index contributed by atoms with van der Waals surface area (Å²) in [4.78, 5) is 12.0. The Kier molecular flexibility index (Phi) is 12.3. The van der Waals surface area contributed by atoms with Gasteiger partial charge in [-0.1, -0.05) is 57.6 Å². The first-order valence-corrected chi connectivity index (χ1v) is 10.3. The minimum absolute atomic E-state index is 0.00260. The van der Waals surface area contributed by atoms with E-state index in [9.17, 15) is 15.0 Å². The van der Waals surface area contributed by atoms with Gasteiger partial charge >= 0.3 is 0 Å².